The largest absolute Gasteiger partial charge is 0.463 e. The summed E-state index contributed by atoms with van der Waals surface area (Å²) in [4.78, 5) is 4.45. The summed E-state index contributed by atoms with van der Waals surface area (Å²) in [5, 5.41) is 2.04. The molecule has 1 N–H and O–H groups in total. The van der Waals surface area contributed by atoms with E-state index in [0.29, 0.717) is 29.8 Å². The maximum atomic E-state index is 12.5. The van der Waals surface area contributed by atoms with Crippen molar-refractivity contribution in [3.8, 4) is 11.5 Å². The lowest BCUT2D eigenvalue weighted by Crippen LogP contribution is -2.13. The van der Waals surface area contributed by atoms with E-state index in [1.807, 2.05) is 0 Å². The minimum atomic E-state index is -3.68. The van der Waals surface area contributed by atoms with Gasteiger partial charge in [-0.15, -0.1) is 11.3 Å². The van der Waals surface area contributed by atoms with E-state index in [2.05, 4.69) is 9.71 Å². The van der Waals surface area contributed by atoms with E-state index in [4.69, 9.17) is 9.15 Å². The summed E-state index contributed by atoms with van der Waals surface area (Å²) < 4.78 is 38.0. The Morgan fingerprint density at radius 2 is 2.04 bits per heavy atom. The second kappa shape index (κ2) is 5.48. The lowest BCUT2D eigenvalue weighted by atomic mass is 10.1. The summed E-state index contributed by atoms with van der Waals surface area (Å²) in [6.07, 6.45) is 1.55. The molecule has 118 valence electrons. The molecule has 3 heterocycles. The Labute approximate surface area is 136 Å². The molecule has 1 aliphatic heterocycles. The normalized spacial score (nSPS) is 13.9. The van der Waals surface area contributed by atoms with Crippen LogP contribution < -0.4 is 4.72 Å². The van der Waals surface area contributed by atoms with Crippen molar-refractivity contribution in [3.63, 3.8) is 0 Å². The van der Waals surface area contributed by atoms with Crippen molar-refractivity contribution >= 4 is 26.5 Å². The predicted molar refractivity (Wildman–Crippen MR) is 85.6 cm³/mol. The molecule has 0 radical (unpaired) electrons. The standard InChI is InChI=1S/C15H12N2O4S2/c18-23(19,12-4-3-10-7-20-8-11(10)6-12)17-15-16-13(9-22-15)14-2-1-5-21-14/h1-6,9H,7-8H2,(H,16,17). The number of aromatic nitrogens is 1. The molecule has 0 saturated heterocycles. The molecule has 0 spiro atoms. The number of ether oxygens (including phenoxy) is 1. The Kier molecular flexibility index (Phi) is 3.44. The summed E-state index contributed by atoms with van der Waals surface area (Å²) in [5.74, 6) is 0.598. The van der Waals surface area contributed by atoms with Gasteiger partial charge in [0, 0.05) is 5.38 Å². The monoisotopic (exact) mass is 348 g/mol. The molecule has 0 atom stereocenters. The van der Waals surface area contributed by atoms with Gasteiger partial charge in [0.1, 0.15) is 5.69 Å². The molecule has 0 aliphatic carbocycles. The zero-order valence-electron chi connectivity index (χ0n) is 11.9. The topological polar surface area (TPSA) is 81.4 Å². The van der Waals surface area contributed by atoms with Crippen LogP contribution >= 0.6 is 11.3 Å². The Balaban J connectivity index is 1.60. The summed E-state index contributed by atoms with van der Waals surface area (Å²) in [6, 6.07) is 8.54. The van der Waals surface area contributed by atoms with Crippen LogP contribution in [0.2, 0.25) is 0 Å². The molecular weight excluding hydrogens is 336 g/mol. The van der Waals surface area contributed by atoms with Crippen molar-refractivity contribution in [2.24, 2.45) is 0 Å². The van der Waals surface area contributed by atoms with Crippen LogP contribution in [0.3, 0.4) is 0 Å². The molecule has 0 amide bonds. The van der Waals surface area contributed by atoms with Crippen LogP contribution in [0.4, 0.5) is 5.13 Å². The van der Waals surface area contributed by atoms with Gasteiger partial charge in [-0.2, -0.15) is 0 Å². The van der Waals surface area contributed by atoms with Gasteiger partial charge in [-0.1, -0.05) is 6.07 Å². The van der Waals surface area contributed by atoms with E-state index >= 15 is 0 Å². The Morgan fingerprint density at radius 3 is 2.87 bits per heavy atom. The van der Waals surface area contributed by atoms with E-state index in [1.165, 1.54) is 11.3 Å². The number of hydrogen-bond acceptors (Lipinski definition) is 6. The van der Waals surface area contributed by atoms with E-state index in [-0.39, 0.29) is 4.90 Å². The zero-order valence-corrected chi connectivity index (χ0v) is 13.5. The molecule has 0 unspecified atom stereocenters. The Hall–Kier alpha value is -2.16. The number of thiazole rings is 1. The maximum Gasteiger partial charge on any atom is 0.263 e. The fraction of sp³-hybridized carbons (Fsp3) is 0.133. The van der Waals surface area contributed by atoms with Crippen molar-refractivity contribution in [3.05, 3.63) is 53.1 Å². The number of sulfonamides is 1. The maximum absolute atomic E-state index is 12.5. The number of rotatable bonds is 4. The second-order valence-electron chi connectivity index (χ2n) is 5.04. The quantitative estimate of drug-likeness (QED) is 0.783. The van der Waals surface area contributed by atoms with Crippen molar-refractivity contribution in [2.75, 3.05) is 4.72 Å². The first-order valence-electron chi connectivity index (χ1n) is 6.83. The number of nitrogens with one attached hydrogen (secondary N) is 1. The van der Waals surface area contributed by atoms with Crippen LogP contribution in [-0.2, 0) is 28.0 Å². The minimum Gasteiger partial charge on any atom is -0.463 e. The van der Waals surface area contributed by atoms with Crippen LogP contribution in [0, 0.1) is 0 Å². The van der Waals surface area contributed by atoms with Gasteiger partial charge in [0.15, 0.2) is 10.9 Å². The fourth-order valence-electron chi connectivity index (χ4n) is 2.35. The average Bonchev–Trinajstić information content (AvgIpc) is 3.27. The van der Waals surface area contributed by atoms with Gasteiger partial charge >= 0.3 is 0 Å². The number of anilines is 1. The van der Waals surface area contributed by atoms with Gasteiger partial charge in [0.2, 0.25) is 0 Å². The van der Waals surface area contributed by atoms with Crippen LogP contribution in [-0.4, -0.2) is 13.4 Å². The average molecular weight is 348 g/mol. The number of benzene rings is 1. The van der Waals surface area contributed by atoms with Gasteiger partial charge in [-0.3, -0.25) is 4.72 Å². The smallest absolute Gasteiger partial charge is 0.263 e. The molecule has 0 bridgehead atoms. The number of fused-ring (bicyclic) bond motifs is 1. The minimum absolute atomic E-state index is 0.205. The predicted octanol–water partition coefficient (Wildman–Crippen LogP) is 3.23. The molecule has 4 rings (SSSR count). The highest BCUT2D eigenvalue weighted by Crippen LogP contribution is 2.28. The highest BCUT2D eigenvalue weighted by atomic mass is 32.2. The third-order valence-electron chi connectivity index (χ3n) is 3.50. The summed E-state index contributed by atoms with van der Waals surface area (Å²) in [5.41, 5.74) is 2.53. The van der Waals surface area contributed by atoms with Gasteiger partial charge in [-0.25, -0.2) is 13.4 Å². The van der Waals surface area contributed by atoms with Crippen molar-refractivity contribution in [1.82, 2.24) is 4.98 Å². The van der Waals surface area contributed by atoms with Crippen LogP contribution in [0.25, 0.3) is 11.5 Å². The molecule has 6 nitrogen and oxygen atoms in total. The molecule has 1 aliphatic rings. The SMILES string of the molecule is O=S(=O)(Nc1nc(-c2ccco2)cs1)c1ccc2c(c1)COC2. The van der Waals surface area contributed by atoms with Gasteiger partial charge in [0.25, 0.3) is 10.0 Å². The van der Waals surface area contributed by atoms with Crippen LogP contribution in [0.15, 0.2) is 51.3 Å². The molecular formula is C15H12N2O4S2. The van der Waals surface area contributed by atoms with Crippen LogP contribution in [0.1, 0.15) is 11.1 Å². The first kappa shape index (κ1) is 14.4. The molecule has 0 fully saturated rings. The summed E-state index contributed by atoms with van der Waals surface area (Å²) in [6.45, 7) is 0.973. The summed E-state index contributed by atoms with van der Waals surface area (Å²) >= 11 is 1.21. The molecule has 8 heteroatoms. The van der Waals surface area contributed by atoms with Crippen molar-refractivity contribution < 1.29 is 17.6 Å². The Morgan fingerprint density at radius 1 is 1.17 bits per heavy atom. The highest BCUT2D eigenvalue weighted by Gasteiger charge is 2.20. The van der Waals surface area contributed by atoms with E-state index in [0.717, 1.165) is 11.1 Å². The Bertz CT molecular complexity index is 946. The van der Waals surface area contributed by atoms with E-state index in [9.17, 15) is 8.42 Å². The molecule has 1 aromatic carbocycles. The third-order valence-corrected chi connectivity index (χ3v) is 5.73. The van der Waals surface area contributed by atoms with Gasteiger partial charge < -0.3 is 9.15 Å². The molecule has 3 aromatic rings. The van der Waals surface area contributed by atoms with Gasteiger partial charge in [-0.05, 0) is 35.4 Å². The molecule has 0 saturated carbocycles. The van der Waals surface area contributed by atoms with Crippen molar-refractivity contribution in [2.45, 2.75) is 18.1 Å². The van der Waals surface area contributed by atoms with E-state index in [1.54, 1.807) is 42.0 Å². The number of hydrogen-bond donors (Lipinski definition) is 1. The number of nitrogens with zero attached hydrogens (tertiary/aromatic N) is 1. The molecule has 23 heavy (non-hydrogen) atoms. The van der Waals surface area contributed by atoms with Crippen molar-refractivity contribution in [1.29, 1.82) is 0 Å². The summed E-state index contributed by atoms with van der Waals surface area (Å²) in [7, 11) is -3.68. The van der Waals surface area contributed by atoms with E-state index < -0.39 is 10.0 Å². The first-order chi connectivity index (χ1) is 11.1. The number of furan rings is 1. The zero-order chi connectivity index (χ0) is 15.9. The fourth-order valence-corrected chi connectivity index (χ4v) is 4.35. The lowest BCUT2D eigenvalue weighted by Gasteiger charge is -2.06. The van der Waals surface area contributed by atoms with Gasteiger partial charge in [0.05, 0.1) is 24.4 Å². The van der Waals surface area contributed by atoms with Crippen LogP contribution in [0.5, 0.6) is 0 Å². The third kappa shape index (κ3) is 2.76. The second-order valence-corrected chi connectivity index (χ2v) is 7.58. The molecule has 2 aromatic heterocycles. The first-order valence-corrected chi connectivity index (χ1v) is 9.20. The lowest BCUT2D eigenvalue weighted by molar-refractivity contribution is 0.134. The highest BCUT2D eigenvalue weighted by molar-refractivity contribution is 7.93.